The lowest BCUT2D eigenvalue weighted by Gasteiger charge is -2.14. The Kier molecular flexibility index (Phi) is 6.66. The molecule has 1 heterocycles. The van der Waals surface area contributed by atoms with E-state index in [2.05, 4.69) is 11.1 Å². The predicted molar refractivity (Wildman–Crippen MR) is 112 cm³/mol. The molecule has 0 aliphatic heterocycles. The summed E-state index contributed by atoms with van der Waals surface area (Å²) in [5.74, 6) is 1.30. The zero-order chi connectivity index (χ0) is 21.5. The molecule has 30 heavy (non-hydrogen) atoms. The van der Waals surface area contributed by atoms with Crippen LogP contribution in [0.25, 0.3) is 0 Å². The molecule has 1 aromatic heterocycles. The summed E-state index contributed by atoms with van der Waals surface area (Å²) in [6, 6.07) is 15.8. The number of benzene rings is 2. The highest BCUT2D eigenvalue weighted by Crippen LogP contribution is 2.33. The van der Waals surface area contributed by atoms with Gasteiger partial charge in [0, 0.05) is 23.4 Å². The number of ether oxygens (including phenoxy) is 2. The number of hydrogen-bond acceptors (Lipinski definition) is 6. The van der Waals surface area contributed by atoms with Crippen molar-refractivity contribution < 1.29 is 19.4 Å². The second-order valence-corrected chi connectivity index (χ2v) is 6.78. The number of phenols is 1. The van der Waals surface area contributed by atoms with Gasteiger partial charge in [-0.25, -0.2) is 4.98 Å². The molecule has 1 N–H and O–H groups in total. The van der Waals surface area contributed by atoms with E-state index in [1.54, 1.807) is 48.7 Å². The highest BCUT2D eigenvalue weighted by atomic mass is 16.5. The summed E-state index contributed by atoms with van der Waals surface area (Å²) in [6.07, 6.45) is 3.06. The average Bonchev–Trinajstić information content (AvgIpc) is 2.75. The number of ketones is 1. The quantitative estimate of drug-likeness (QED) is 0.522. The summed E-state index contributed by atoms with van der Waals surface area (Å²) in [4.78, 5) is 16.0. The Bertz CT molecular complexity index is 1090. The Morgan fingerprint density at radius 3 is 2.70 bits per heavy atom. The highest BCUT2D eigenvalue weighted by Gasteiger charge is 2.16. The van der Waals surface area contributed by atoms with Gasteiger partial charge in [0.05, 0.1) is 17.2 Å². The van der Waals surface area contributed by atoms with Gasteiger partial charge in [-0.05, 0) is 49.7 Å². The molecule has 0 fully saturated rings. The van der Waals surface area contributed by atoms with E-state index in [-0.39, 0.29) is 18.1 Å². The van der Waals surface area contributed by atoms with Gasteiger partial charge in [0.25, 0.3) is 0 Å². The van der Waals surface area contributed by atoms with Gasteiger partial charge in [-0.3, -0.25) is 4.79 Å². The predicted octanol–water partition coefficient (Wildman–Crippen LogP) is 5.19. The molecule has 0 saturated carbocycles. The Morgan fingerprint density at radius 1 is 1.20 bits per heavy atom. The van der Waals surface area contributed by atoms with Crippen LogP contribution in [0.2, 0.25) is 0 Å². The van der Waals surface area contributed by atoms with E-state index >= 15 is 0 Å². The third-order valence-electron chi connectivity index (χ3n) is 4.50. The van der Waals surface area contributed by atoms with E-state index in [9.17, 15) is 9.90 Å². The number of Topliss-reactive ketones (excluding diaryl/α,β-unsaturated/α-hetero) is 1. The minimum absolute atomic E-state index is 0.0108. The van der Waals surface area contributed by atoms with E-state index < -0.39 is 0 Å². The number of carbonyl (C=O) groups is 1. The second kappa shape index (κ2) is 9.57. The number of aromatic nitrogens is 1. The number of phenolic OH excluding ortho intramolecular Hbond substituents is 1. The summed E-state index contributed by atoms with van der Waals surface area (Å²) < 4.78 is 11.6. The fourth-order valence-electron chi connectivity index (χ4n) is 3.00. The van der Waals surface area contributed by atoms with E-state index in [1.165, 1.54) is 6.92 Å². The van der Waals surface area contributed by atoms with Gasteiger partial charge in [0.15, 0.2) is 5.78 Å². The Labute approximate surface area is 175 Å². The maximum absolute atomic E-state index is 11.7. The second-order valence-electron chi connectivity index (χ2n) is 6.78. The van der Waals surface area contributed by atoms with Crippen LogP contribution in [0.5, 0.6) is 23.1 Å². The van der Waals surface area contributed by atoms with Crippen LogP contribution in [-0.2, 0) is 13.0 Å². The van der Waals surface area contributed by atoms with Crippen molar-refractivity contribution in [3.05, 3.63) is 77.0 Å². The minimum atomic E-state index is -0.184. The number of rotatable bonds is 8. The maximum atomic E-state index is 11.7. The molecule has 3 rings (SSSR count). The lowest BCUT2D eigenvalue weighted by Crippen LogP contribution is -2.03. The third kappa shape index (κ3) is 4.95. The molecule has 0 amide bonds. The van der Waals surface area contributed by atoms with Gasteiger partial charge >= 0.3 is 0 Å². The zero-order valence-corrected chi connectivity index (χ0v) is 16.9. The monoisotopic (exact) mass is 402 g/mol. The topological polar surface area (TPSA) is 92.4 Å². The van der Waals surface area contributed by atoms with Crippen molar-refractivity contribution in [1.82, 2.24) is 4.98 Å². The first-order valence-corrected chi connectivity index (χ1v) is 9.63. The number of aromatic hydroxyl groups is 1. The molecule has 0 radical (unpaired) electrons. The van der Waals surface area contributed by atoms with E-state index in [1.807, 2.05) is 13.0 Å². The van der Waals surface area contributed by atoms with Gasteiger partial charge in [-0.2, -0.15) is 5.26 Å². The van der Waals surface area contributed by atoms with E-state index in [0.29, 0.717) is 40.5 Å². The molecule has 0 spiro atoms. The Morgan fingerprint density at radius 2 is 2.03 bits per heavy atom. The van der Waals surface area contributed by atoms with Gasteiger partial charge in [0.2, 0.25) is 5.88 Å². The van der Waals surface area contributed by atoms with Crippen molar-refractivity contribution in [2.24, 2.45) is 0 Å². The minimum Gasteiger partial charge on any atom is -0.507 e. The third-order valence-corrected chi connectivity index (χ3v) is 4.50. The number of pyridine rings is 1. The van der Waals surface area contributed by atoms with Crippen LogP contribution in [-0.4, -0.2) is 15.9 Å². The van der Waals surface area contributed by atoms with Crippen molar-refractivity contribution in [2.45, 2.75) is 33.3 Å². The van der Waals surface area contributed by atoms with Gasteiger partial charge in [-0.1, -0.05) is 19.4 Å². The Hall–Kier alpha value is -3.85. The molecule has 3 aromatic rings. The molecule has 0 aliphatic rings. The van der Waals surface area contributed by atoms with Crippen LogP contribution < -0.4 is 9.47 Å². The van der Waals surface area contributed by atoms with Crippen LogP contribution in [0.1, 0.15) is 47.3 Å². The van der Waals surface area contributed by atoms with Crippen molar-refractivity contribution in [3.63, 3.8) is 0 Å². The molecule has 0 unspecified atom stereocenters. The van der Waals surface area contributed by atoms with E-state index in [0.717, 1.165) is 12.0 Å². The SMILES string of the molecule is CCCc1c(OCc2ccc(Oc3cccc(C#N)c3)nc2)ccc(C(C)=O)c1O. The average molecular weight is 402 g/mol. The number of nitrogens with zero attached hydrogens (tertiary/aromatic N) is 2. The normalized spacial score (nSPS) is 10.3. The molecule has 0 saturated heterocycles. The van der Waals surface area contributed by atoms with Crippen molar-refractivity contribution in [2.75, 3.05) is 0 Å². The van der Waals surface area contributed by atoms with Crippen LogP contribution in [0.15, 0.2) is 54.7 Å². The van der Waals surface area contributed by atoms with Crippen molar-refractivity contribution in [1.29, 1.82) is 5.26 Å². The summed E-state index contributed by atoms with van der Waals surface area (Å²) >= 11 is 0. The molecular weight excluding hydrogens is 380 g/mol. The summed E-state index contributed by atoms with van der Waals surface area (Å²) in [5.41, 5.74) is 2.27. The lowest BCUT2D eigenvalue weighted by atomic mass is 10.0. The standard InChI is InChI=1S/C24H22N2O4/c1-3-5-21-22(10-9-20(16(2)27)24(21)28)29-15-18-8-11-23(26-14-18)30-19-7-4-6-17(12-19)13-25/h4,6-12,14,28H,3,5,15H2,1-2H3. The summed E-state index contributed by atoms with van der Waals surface area (Å²) in [5, 5.41) is 19.4. The summed E-state index contributed by atoms with van der Waals surface area (Å²) in [6.45, 7) is 3.68. The molecule has 0 aliphatic carbocycles. The van der Waals surface area contributed by atoms with Gasteiger partial charge < -0.3 is 14.6 Å². The number of hydrogen-bond donors (Lipinski definition) is 1. The maximum Gasteiger partial charge on any atom is 0.219 e. The fourth-order valence-corrected chi connectivity index (χ4v) is 3.00. The molecule has 0 bridgehead atoms. The summed E-state index contributed by atoms with van der Waals surface area (Å²) in [7, 11) is 0. The molecular formula is C24H22N2O4. The van der Waals surface area contributed by atoms with E-state index in [4.69, 9.17) is 14.7 Å². The molecule has 6 nitrogen and oxygen atoms in total. The highest BCUT2D eigenvalue weighted by molar-refractivity contribution is 5.97. The molecule has 152 valence electrons. The smallest absolute Gasteiger partial charge is 0.219 e. The van der Waals surface area contributed by atoms with Crippen LogP contribution in [0.3, 0.4) is 0 Å². The molecule has 2 aromatic carbocycles. The first kappa shape index (κ1) is 20.9. The van der Waals surface area contributed by atoms with Crippen LogP contribution in [0.4, 0.5) is 0 Å². The van der Waals surface area contributed by atoms with Gasteiger partial charge in [0.1, 0.15) is 23.9 Å². The Balaban J connectivity index is 1.70. The fraction of sp³-hybridized carbons (Fsp3) is 0.208. The van der Waals surface area contributed by atoms with Gasteiger partial charge in [-0.15, -0.1) is 0 Å². The van der Waals surface area contributed by atoms with Crippen LogP contribution >= 0.6 is 0 Å². The molecule has 0 atom stereocenters. The number of nitriles is 1. The lowest BCUT2D eigenvalue weighted by molar-refractivity contribution is 0.101. The number of carbonyl (C=O) groups excluding carboxylic acids is 1. The molecule has 6 heteroatoms. The zero-order valence-electron chi connectivity index (χ0n) is 16.9. The largest absolute Gasteiger partial charge is 0.507 e. The first-order valence-electron chi connectivity index (χ1n) is 9.63. The first-order chi connectivity index (χ1) is 14.5. The van der Waals surface area contributed by atoms with Crippen molar-refractivity contribution in [3.8, 4) is 29.2 Å². The van der Waals surface area contributed by atoms with Crippen molar-refractivity contribution >= 4 is 5.78 Å². The van der Waals surface area contributed by atoms with Crippen LogP contribution in [0, 0.1) is 11.3 Å².